The molecule has 0 bridgehead atoms. The summed E-state index contributed by atoms with van der Waals surface area (Å²) >= 11 is 7.25. The number of carbonyl (C=O) groups excluding carboxylic acids is 1. The number of anilines is 1. The Morgan fingerprint density at radius 1 is 1.29 bits per heavy atom. The third-order valence-electron chi connectivity index (χ3n) is 2.70. The summed E-state index contributed by atoms with van der Waals surface area (Å²) in [5.74, 6) is -2.07. The van der Waals surface area contributed by atoms with Crippen LogP contribution in [0.4, 0.5) is 14.5 Å². The normalized spacial score (nSPS) is 10.9. The fraction of sp³-hybridized carbons (Fsp3) is 0.214. The van der Waals surface area contributed by atoms with Gasteiger partial charge in [-0.1, -0.05) is 17.7 Å². The summed E-state index contributed by atoms with van der Waals surface area (Å²) in [6.45, 7) is 0.549. The van der Waals surface area contributed by atoms with E-state index in [4.69, 9.17) is 11.6 Å². The van der Waals surface area contributed by atoms with Gasteiger partial charge in [0.15, 0.2) is 0 Å². The predicted molar refractivity (Wildman–Crippen MR) is 80.7 cm³/mol. The van der Waals surface area contributed by atoms with Crippen LogP contribution in [-0.4, -0.2) is 24.4 Å². The van der Waals surface area contributed by atoms with E-state index in [2.05, 4.69) is 5.32 Å². The van der Waals surface area contributed by atoms with Crippen LogP contribution in [-0.2, 0) is 11.3 Å². The van der Waals surface area contributed by atoms with Crippen molar-refractivity contribution in [1.29, 1.82) is 0 Å². The van der Waals surface area contributed by atoms with E-state index in [-0.39, 0.29) is 6.54 Å². The topological polar surface area (TPSA) is 32.3 Å². The number of hydrogen-bond acceptors (Lipinski definition) is 3. The second-order valence-electron chi connectivity index (χ2n) is 4.52. The minimum Gasteiger partial charge on any atom is -0.320 e. The summed E-state index contributed by atoms with van der Waals surface area (Å²) in [7, 11) is 1.74. The molecular formula is C14H13ClF2N2OS. The predicted octanol–water partition coefficient (Wildman–Crippen LogP) is 3.75. The number of halogens is 3. The summed E-state index contributed by atoms with van der Waals surface area (Å²) < 4.78 is 27.5. The molecule has 0 unspecified atom stereocenters. The summed E-state index contributed by atoms with van der Waals surface area (Å²) in [6, 6.07) is 7.08. The van der Waals surface area contributed by atoms with Gasteiger partial charge in [0, 0.05) is 11.4 Å². The molecule has 0 atom stereocenters. The number of nitrogens with one attached hydrogen (secondary N) is 1. The van der Waals surface area contributed by atoms with Crippen LogP contribution in [0.2, 0.25) is 4.34 Å². The Morgan fingerprint density at radius 3 is 2.52 bits per heavy atom. The molecule has 1 N–H and O–H groups in total. The molecule has 7 heteroatoms. The van der Waals surface area contributed by atoms with Gasteiger partial charge in [0.05, 0.1) is 10.9 Å². The second kappa shape index (κ2) is 6.98. The van der Waals surface area contributed by atoms with E-state index >= 15 is 0 Å². The van der Waals surface area contributed by atoms with Gasteiger partial charge in [0.25, 0.3) is 0 Å². The molecule has 0 aliphatic rings. The molecule has 21 heavy (non-hydrogen) atoms. The molecule has 0 saturated heterocycles. The van der Waals surface area contributed by atoms with Crippen LogP contribution in [0.25, 0.3) is 0 Å². The lowest BCUT2D eigenvalue weighted by atomic mass is 10.3. The van der Waals surface area contributed by atoms with Crippen LogP contribution in [0.3, 0.4) is 0 Å². The average molecular weight is 331 g/mol. The number of para-hydroxylation sites is 1. The molecule has 0 fully saturated rings. The fourth-order valence-electron chi connectivity index (χ4n) is 1.80. The standard InChI is InChI=1S/C14H13ClF2N2OS/c1-19(7-9-5-6-12(15)21-9)8-13(20)18-14-10(16)3-2-4-11(14)17/h2-6H,7-8H2,1H3,(H,18,20). The first-order valence-corrected chi connectivity index (χ1v) is 7.32. The fourth-order valence-corrected chi connectivity index (χ4v) is 2.97. The van der Waals surface area contributed by atoms with Gasteiger partial charge in [-0.05, 0) is 31.3 Å². The number of carbonyl (C=O) groups is 1. The Labute approximate surface area is 130 Å². The van der Waals surface area contributed by atoms with E-state index in [9.17, 15) is 13.6 Å². The number of benzene rings is 1. The number of thiophene rings is 1. The van der Waals surface area contributed by atoms with Crippen molar-refractivity contribution in [1.82, 2.24) is 4.90 Å². The summed E-state index contributed by atoms with van der Waals surface area (Å²) in [5.41, 5.74) is -0.421. The number of rotatable bonds is 5. The van der Waals surface area contributed by atoms with Crippen LogP contribution in [0.15, 0.2) is 30.3 Å². The lowest BCUT2D eigenvalue weighted by molar-refractivity contribution is -0.117. The molecule has 2 aromatic rings. The SMILES string of the molecule is CN(CC(=O)Nc1c(F)cccc1F)Cc1ccc(Cl)s1. The molecule has 0 aliphatic carbocycles. The second-order valence-corrected chi connectivity index (χ2v) is 6.32. The van der Waals surface area contributed by atoms with Crippen molar-refractivity contribution in [3.63, 3.8) is 0 Å². The molecule has 0 radical (unpaired) electrons. The maximum Gasteiger partial charge on any atom is 0.238 e. The highest BCUT2D eigenvalue weighted by atomic mass is 35.5. The Morgan fingerprint density at radius 2 is 1.95 bits per heavy atom. The van der Waals surface area contributed by atoms with Crippen LogP contribution in [0.1, 0.15) is 4.88 Å². The van der Waals surface area contributed by atoms with E-state index in [1.807, 2.05) is 6.07 Å². The number of hydrogen-bond donors (Lipinski definition) is 1. The van der Waals surface area contributed by atoms with Gasteiger partial charge in [-0.2, -0.15) is 0 Å². The largest absolute Gasteiger partial charge is 0.320 e. The van der Waals surface area contributed by atoms with Crippen molar-refractivity contribution < 1.29 is 13.6 Å². The van der Waals surface area contributed by atoms with E-state index in [0.29, 0.717) is 10.9 Å². The Bertz CT molecular complexity index is 627. The zero-order chi connectivity index (χ0) is 15.4. The van der Waals surface area contributed by atoms with E-state index in [1.165, 1.54) is 17.4 Å². The van der Waals surface area contributed by atoms with E-state index < -0.39 is 23.2 Å². The van der Waals surface area contributed by atoms with Crippen molar-refractivity contribution in [2.45, 2.75) is 6.54 Å². The maximum atomic E-state index is 13.4. The minimum absolute atomic E-state index is 0.0172. The van der Waals surface area contributed by atoms with E-state index in [0.717, 1.165) is 17.0 Å². The number of likely N-dealkylation sites (N-methyl/N-ethyl adjacent to an activating group) is 1. The van der Waals surface area contributed by atoms with Crippen molar-refractivity contribution in [3.05, 3.63) is 51.2 Å². The molecule has 0 saturated carbocycles. The smallest absolute Gasteiger partial charge is 0.238 e. The highest BCUT2D eigenvalue weighted by Gasteiger charge is 2.13. The van der Waals surface area contributed by atoms with Gasteiger partial charge in [0.1, 0.15) is 17.3 Å². The summed E-state index contributed by atoms with van der Waals surface area (Å²) in [6.07, 6.45) is 0. The number of nitrogens with zero attached hydrogens (tertiary/aromatic N) is 1. The van der Waals surface area contributed by atoms with Gasteiger partial charge in [-0.3, -0.25) is 9.69 Å². The minimum atomic E-state index is -0.795. The summed E-state index contributed by atoms with van der Waals surface area (Å²) in [5, 5.41) is 2.25. The maximum absolute atomic E-state index is 13.4. The zero-order valence-electron chi connectivity index (χ0n) is 11.2. The van der Waals surface area contributed by atoms with Crippen LogP contribution >= 0.6 is 22.9 Å². The van der Waals surface area contributed by atoms with E-state index in [1.54, 1.807) is 18.0 Å². The first-order chi connectivity index (χ1) is 9.95. The molecule has 3 nitrogen and oxygen atoms in total. The first-order valence-electron chi connectivity index (χ1n) is 6.12. The van der Waals surface area contributed by atoms with Crippen LogP contribution in [0.5, 0.6) is 0 Å². The Kier molecular flexibility index (Phi) is 5.27. The van der Waals surface area contributed by atoms with Crippen molar-refractivity contribution in [2.75, 3.05) is 18.9 Å². The van der Waals surface area contributed by atoms with Gasteiger partial charge >= 0.3 is 0 Å². The average Bonchev–Trinajstić information content (AvgIpc) is 2.79. The molecule has 0 aliphatic heterocycles. The lowest BCUT2D eigenvalue weighted by Gasteiger charge is -2.15. The van der Waals surface area contributed by atoms with Gasteiger partial charge < -0.3 is 5.32 Å². The third kappa shape index (κ3) is 4.49. The van der Waals surface area contributed by atoms with Crippen molar-refractivity contribution >= 4 is 34.5 Å². The quantitative estimate of drug-likeness (QED) is 0.905. The molecule has 1 aromatic carbocycles. The zero-order valence-corrected chi connectivity index (χ0v) is 12.8. The molecule has 1 heterocycles. The van der Waals surface area contributed by atoms with Crippen LogP contribution in [0, 0.1) is 11.6 Å². The Balaban J connectivity index is 1.92. The molecular weight excluding hydrogens is 318 g/mol. The summed E-state index contributed by atoms with van der Waals surface area (Å²) in [4.78, 5) is 14.6. The molecule has 1 aromatic heterocycles. The molecule has 2 rings (SSSR count). The lowest BCUT2D eigenvalue weighted by Crippen LogP contribution is -2.30. The highest BCUT2D eigenvalue weighted by molar-refractivity contribution is 7.16. The molecule has 1 amide bonds. The Hall–Kier alpha value is -1.50. The number of amides is 1. The van der Waals surface area contributed by atoms with Crippen molar-refractivity contribution in [2.24, 2.45) is 0 Å². The third-order valence-corrected chi connectivity index (χ3v) is 3.91. The monoisotopic (exact) mass is 330 g/mol. The highest BCUT2D eigenvalue weighted by Crippen LogP contribution is 2.22. The first kappa shape index (κ1) is 15.9. The van der Waals surface area contributed by atoms with Crippen molar-refractivity contribution in [3.8, 4) is 0 Å². The van der Waals surface area contributed by atoms with Crippen LogP contribution < -0.4 is 5.32 Å². The van der Waals surface area contributed by atoms with Gasteiger partial charge in [-0.25, -0.2) is 8.78 Å². The molecule has 0 spiro atoms. The molecule has 112 valence electrons. The van der Waals surface area contributed by atoms with Gasteiger partial charge in [0.2, 0.25) is 5.91 Å². The van der Waals surface area contributed by atoms with Gasteiger partial charge in [-0.15, -0.1) is 11.3 Å².